The lowest BCUT2D eigenvalue weighted by Crippen LogP contribution is -2.48. The van der Waals surface area contributed by atoms with Crippen LogP contribution in [0.3, 0.4) is 0 Å². The highest BCUT2D eigenvalue weighted by atomic mass is 32.2. The van der Waals surface area contributed by atoms with Crippen LogP contribution in [0.4, 0.5) is 0 Å². The molecule has 6 heteroatoms. The van der Waals surface area contributed by atoms with E-state index in [0.717, 1.165) is 6.42 Å². The van der Waals surface area contributed by atoms with Crippen LogP contribution in [0.15, 0.2) is 0 Å². The lowest BCUT2D eigenvalue weighted by atomic mass is 10.1. The molecule has 0 saturated carbocycles. The minimum atomic E-state index is -3.28. The topological polar surface area (TPSA) is 74.7 Å². The second-order valence-electron chi connectivity index (χ2n) is 5.05. The van der Waals surface area contributed by atoms with Gasteiger partial charge in [-0.15, -0.1) is 0 Å². The van der Waals surface area contributed by atoms with Crippen molar-refractivity contribution < 1.29 is 18.3 Å². The molecule has 1 aliphatic heterocycles. The lowest BCUT2D eigenvalue weighted by Gasteiger charge is -2.31. The normalized spacial score (nSPS) is 23.0. The van der Waals surface area contributed by atoms with Crippen molar-refractivity contribution >= 4 is 15.7 Å². The fraction of sp³-hybridized carbons (Fsp3) is 0.917. The van der Waals surface area contributed by atoms with Gasteiger partial charge in [-0.1, -0.05) is 6.42 Å². The Morgan fingerprint density at radius 2 is 2.06 bits per heavy atom. The first-order chi connectivity index (χ1) is 8.40. The Morgan fingerprint density at radius 3 is 2.56 bits per heavy atom. The summed E-state index contributed by atoms with van der Waals surface area (Å²) in [6.45, 7) is 4.16. The summed E-state index contributed by atoms with van der Waals surface area (Å²) in [7, 11) is -3.28. The molecule has 0 aliphatic carbocycles. The van der Waals surface area contributed by atoms with E-state index < -0.39 is 15.1 Å². The van der Waals surface area contributed by atoms with E-state index in [1.807, 2.05) is 13.8 Å². The van der Waals surface area contributed by atoms with Crippen molar-refractivity contribution in [2.45, 2.75) is 50.8 Å². The molecule has 0 radical (unpaired) electrons. The molecule has 0 spiro atoms. The number of carbonyl (C=O) groups is 1. The van der Waals surface area contributed by atoms with Gasteiger partial charge in [0.2, 0.25) is 5.91 Å². The van der Waals surface area contributed by atoms with Crippen molar-refractivity contribution in [1.82, 2.24) is 4.90 Å². The van der Waals surface area contributed by atoms with Gasteiger partial charge >= 0.3 is 0 Å². The first-order valence-corrected chi connectivity index (χ1v) is 8.24. The highest BCUT2D eigenvalue weighted by Gasteiger charge is 2.37. The molecule has 0 aromatic heterocycles. The molecule has 1 N–H and O–H groups in total. The fourth-order valence-corrected chi connectivity index (χ4v) is 4.14. The van der Waals surface area contributed by atoms with E-state index >= 15 is 0 Å². The SMILES string of the molecule is CC(C)N(CCCO)C(=O)C1CCCCS1(=O)=O. The third kappa shape index (κ3) is 3.68. The number of nitrogens with zero attached hydrogens (tertiary/aromatic N) is 1. The van der Waals surface area contributed by atoms with Crippen LogP contribution in [0.5, 0.6) is 0 Å². The van der Waals surface area contributed by atoms with Gasteiger partial charge in [0.15, 0.2) is 9.84 Å². The van der Waals surface area contributed by atoms with Gasteiger partial charge in [-0.25, -0.2) is 8.42 Å². The number of hydrogen-bond donors (Lipinski definition) is 1. The number of hydrogen-bond acceptors (Lipinski definition) is 4. The Morgan fingerprint density at radius 1 is 1.39 bits per heavy atom. The van der Waals surface area contributed by atoms with E-state index in [0.29, 0.717) is 25.8 Å². The third-order valence-electron chi connectivity index (χ3n) is 3.32. The van der Waals surface area contributed by atoms with Crippen LogP contribution in [-0.4, -0.2) is 54.5 Å². The van der Waals surface area contributed by atoms with E-state index in [-0.39, 0.29) is 24.3 Å². The molecule has 1 amide bonds. The number of aliphatic hydroxyl groups is 1. The molecule has 18 heavy (non-hydrogen) atoms. The van der Waals surface area contributed by atoms with E-state index in [4.69, 9.17) is 5.11 Å². The Hall–Kier alpha value is -0.620. The van der Waals surface area contributed by atoms with Crippen LogP contribution >= 0.6 is 0 Å². The summed E-state index contributed by atoms with van der Waals surface area (Å²) in [5.74, 6) is -0.173. The summed E-state index contributed by atoms with van der Waals surface area (Å²) in [5, 5.41) is 7.97. The highest BCUT2D eigenvalue weighted by Crippen LogP contribution is 2.22. The number of carbonyl (C=O) groups excluding carboxylic acids is 1. The smallest absolute Gasteiger partial charge is 0.241 e. The first-order valence-electron chi connectivity index (χ1n) is 6.53. The number of amides is 1. The van der Waals surface area contributed by atoms with Gasteiger partial charge in [-0.2, -0.15) is 0 Å². The maximum absolute atomic E-state index is 12.3. The molecule has 0 bridgehead atoms. The molecule has 1 saturated heterocycles. The summed E-state index contributed by atoms with van der Waals surface area (Å²) in [6, 6.07) is -0.0406. The number of sulfone groups is 1. The van der Waals surface area contributed by atoms with Gasteiger partial charge in [0.1, 0.15) is 5.25 Å². The van der Waals surface area contributed by atoms with Crippen molar-refractivity contribution in [2.75, 3.05) is 18.9 Å². The quantitative estimate of drug-likeness (QED) is 0.797. The predicted octanol–water partition coefficient (Wildman–Crippen LogP) is 0.573. The van der Waals surface area contributed by atoms with Crippen molar-refractivity contribution in [3.63, 3.8) is 0 Å². The fourth-order valence-electron chi connectivity index (χ4n) is 2.28. The van der Waals surface area contributed by atoms with Gasteiger partial charge in [0, 0.05) is 19.2 Å². The molecule has 106 valence electrons. The van der Waals surface area contributed by atoms with E-state index in [9.17, 15) is 13.2 Å². The number of aliphatic hydroxyl groups excluding tert-OH is 1. The maximum atomic E-state index is 12.3. The lowest BCUT2D eigenvalue weighted by molar-refractivity contribution is -0.132. The average Bonchev–Trinajstić information content (AvgIpc) is 2.28. The molecule has 1 heterocycles. The molecular weight excluding hydrogens is 254 g/mol. The van der Waals surface area contributed by atoms with E-state index in [1.165, 1.54) is 0 Å². The molecule has 0 aromatic rings. The van der Waals surface area contributed by atoms with Gasteiger partial charge < -0.3 is 10.0 Å². The zero-order chi connectivity index (χ0) is 13.8. The Kier molecular flexibility index (Phi) is 5.59. The van der Waals surface area contributed by atoms with Crippen LogP contribution in [0.25, 0.3) is 0 Å². The van der Waals surface area contributed by atoms with Crippen molar-refractivity contribution in [3.8, 4) is 0 Å². The molecule has 1 atom stereocenters. The maximum Gasteiger partial charge on any atom is 0.241 e. The van der Waals surface area contributed by atoms with Crippen LogP contribution in [0.1, 0.15) is 39.5 Å². The Balaban J connectivity index is 2.81. The third-order valence-corrected chi connectivity index (χ3v) is 5.48. The summed E-state index contributed by atoms with van der Waals surface area (Å²) in [6.07, 6.45) is 2.37. The number of rotatable bonds is 5. The van der Waals surface area contributed by atoms with Gasteiger partial charge in [-0.3, -0.25) is 4.79 Å². The average molecular weight is 277 g/mol. The minimum Gasteiger partial charge on any atom is -0.396 e. The summed E-state index contributed by atoms with van der Waals surface area (Å²) in [4.78, 5) is 13.9. The molecular formula is C12H23NO4S. The Labute approximate surface area is 109 Å². The predicted molar refractivity (Wildman–Crippen MR) is 70.0 cm³/mol. The van der Waals surface area contributed by atoms with Crippen molar-refractivity contribution in [3.05, 3.63) is 0 Å². The molecule has 0 aromatic carbocycles. The largest absolute Gasteiger partial charge is 0.396 e. The molecule has 1 aliphatic rings. The highest BCUT2D eigenvalue weighted by molar-refractivity contribution is 7.92. The van der Waals surface area contributed by atoms with Crippen molar-refractivity contribution in [2.24, 2.45) is 0 Å². The summed E-state index contributed by atoms with van der Waals surface area (Å²) in [5.41, 5.74) is 0. The standard InChI is InChI=1S/C12H23NO4S/c1-10(2)13(7-5-8-14)12(15)11-6-3-4-9-18(11,16)17/h10-11,14H,3-9H2,1-2H3. The van der Waals surface area contributed by atoms with E-state index in [2.05, 4.69) is 0 Å². The summed E-state index contributed by atoms with van der Waals surface area (Å²) < 4.78 is 23.9. The van der Waals surface area contributed by atoms with Crippen LogP contribution in [0, 0.1) is 0 Å². The zero-order valence-electron chi connectivity index (χ0n) is 11.1. The van der Waals surface area contributed by atoms with Gasteiger partial charge in [0.25, 0.3) is 0 Å². The van der Waals surface area contributed by atoms with Crippen LogP contribution in [-0.2, 0) is 14.6 Å². The van der Waals surface area contributed by atoms with Crippen LogP contribution in [0.2, 0.25) is 0 Å². The second-order valence-corrected chi connectivity index (χ2v) is 7.36. The molecule has 5 nitrogen and oxygen atoms in total. The Bertz CT molecular complexity index is 378. The monoisotopic (exact) mass is 277 g/mol. The second kappa shape index (κ2) is 6.52. The zero-order valence-corrected chi connectivity index (χ0v) is 11.9. The van der Waals surface area contributed by atoms with Gasteiger partial charge in [-0.05, 0) is 33.1 Å². The molecule has 1 unspecified atom stereocenters. The molecule has 1 fully saturated rings. The minimum absolute atomic E-state index is 0.00785. The van der Waals surface area contributed by atoms with Crippen molar-refractivity contribution in [1.29, 1.82) is 0 Å². The molecule has 1 rings (SSSR count). The van der Waals surface area contributed by atoms with Gasteiger partial charge in [0.05, 0.1) is 5.75 Å². The van der Waals surface area contributed by atoms with Crippen LogP contribution < -0.4 is 0 Å². The summed E-state index contributed by atoms with van der Waals surface area (Å²) >= 11 is 0. The van der Waals surface area contributed by atoms with E-state index in [1.54, 1.807) is 4.90 Å². The first kappa shape index (κ1) is 15.4.